The Kier molecular flexibility index (Phi) is 2.74. The summed E-state index contributed by atoms with van der Waals surface area (Å²) in [5.74, 6) is 0. The molecular weight excluding hydrogens is 128 g/mol. The van der Waals surface area contributed by atoms with Gasteiger partial charge in [0.05, 0.1) is 0 Å². The van der Waals surface area contributed by atoms with Crippen molar-refractivity contribution in [3.05, 3.63) is 23.6 Å². The van der Waals surface area contributed by atoms with E-state index in [-0.39, 0.29) is 0 Å². The van der Waals surface area contributed by atoms with Gasteiger partial charge in [0.2, 0.25) is 9.04 Å². The Morgan fingerprint density at radius 1 is 1.33 bits per heavy atom. The van der Waals surface area contributed by atoms with Crippen LogP contribution in [0.5, 0.6) is 0 Å². The van der Waals surface area contributed by atoms with Crippen molar-refractivity contribution in [1.82, 2.24) is 0 Å². The lowest BCUT2D eigenvalue weighted by Crippen LogP contribution is -2.10. The van der Waals surface area contributed by atoms with Crippen LogP contribution in [0.2, 0.25) is 0 Å². The molecule has 0 fully saturated rings. The number of hydrogen-bond acceptors (Lipinski definition) is 1. The van der Waals surface area contributed by atoms with E-state index in [2.05, 4.69) is 30.5 Å². The summed E-state index contributed by atoms with van der Waals surface area (Å²) in [5.41, 5.74) is 4.38. The summed E-state index contributed by atoms with van der Waals surface area (Å²) in [6.45, 7) is 3.06. The van der Waals surface area contributed by atoms with Crippen LogP contribution in [0.25, 0.3) is 0 Å². The Hall–Kier alpha value is -0.343. The van der Waals surface area contributed by atoms with Crippen molar-refractivity contribution in [3.63, 3.8) is 0 Å². The summed E-state index contributed by atoms with van der Waals surface area (Å²) in [7, 11) is -0.960. The Morgan fingerprint density at radius 3 is 2.56 bits per heavy atom. The van der Waals surface area contributed by atoms with E-state index >= 15 is 0 Å². The lowest BCUT2D eigenvalue weighted by Gasteiger charge is -2.02. The number of hydrogen-bond donors (Lipinski definition) is 0. The average Bonchev–Trinajstić information content (AvgIpc) is 2.34. The van der Waals surface area contributed by atoms with Gasteiger partial charge >= 0.3 is 0 Å². The van der Waals surface area contributed by atoms with Crippen molar-refractivity contribution < 1.29 is 4.43 Å². The van der Waals surface area contributed by atoms with Crippen molar-refractivity contribution in [2.45, 2.75) is 13.3 Å². The second-order valence-electron chi connectivity index (χ2n) is 2.11. The van der Waals surface area contributed by atoms with Crippen LogP contribution in [0.15, 0.2) is 23.6 Å². The maximum absolute atomic E-state index is 5.52. The summed E-state index contributed by atoms with van der Waals surface area (Å²) < 4.78 is 5.52. The Bertz CT molecular complexity index is 117. The van der Waals surface area contributed by atoms with Crippen LogP contribution >= 0.6 is 0 Å². The maximum Gasteiger partial charge on any atom is 0.225 e. The van der Waals surface area contributed by atoms with Gasteiger partial charge in [-0.25, -0.2) is 0 Å². The summed E-state index contributed by atoms with van der Waals surface area (Å²) >= 11 is 0. The van der Waals surface area contributed by atoms with Crippen molar-refractivity contribution in [3.8, 4) is 0 Å². The minimum atomic E-state index is -0.960. The van der Waals surface area contributed by atoms with Gasteiger partial charge in [-0.3, -0.25) is 0 Å². The first-order valence-electron chi connectivity index (χ1n) is 3.40. The first-order valence-corrected chi connectivity index (χ1v) is 5.20. The quantitative estimate of drug-likeness (QED) is 0.538. The van der Waals surface area contributed by atoms with Crippen LogP contribution in [0.4, 0.5) is 0 Å². The molecule has 0 N–H and O–H groups in total. The summed E-state index contributed by atoms with van der Waals surface area (Å²) in [4.78, 5) is 0. The molecule has 0 aromatic heterocycles. The highest BCUT2D eigenvalue weighted by atomic mass is 28.3. The molecule has 0 spiro atoms. The van der Waals surface area contributed by atoms with Gasteiger partial charge in [-0.05, 0) is 6.42 Å². The zero-order chi connectivity index (χ0) is 6.53. The molecule has 2 heteroatoms. The molecule has 0 bridgehead atoms. The fourth-order valence-corrected chi connectivity index (χ4v) is 2.33. The molecule has 1 aliphatic heterocycles. The van der Waals surface area contributed by atoms with Gasteiger partial charge in [0, 0.05) is 6.61 Å². The monoisotopic (exact) mass is 140 g/mol. The molecule has 0 atom stereocenters. The predicted octanol–water partition coefficient (Wildman–Crippen LogP) is 1.34. The van der Waals surface area contributed by atoms with Gasteiger partial charge in [-0.2, -0.15) is 0 Å². The fourth-order valence-electron chi connectivity index (χ4n) is 0.777. The number of rotatable bonds is 3. The Morgan fingerprint density at radius 2 is 2.00 bits per heavy atom. The molecule has 9 heavy (non-hydrogen) atoms. The van der Waals surface area contributed by atoms with E-state index in [1.807, 2.05) is 0 Å². The molecule has 1 nitrogen and oxygen atoms in total. The third kappa shape index (κ3) is 2.16. The van der Waals surface area contributed by atoms with E-state index in [0.29, 0.717) is 0 Å². The molecule has 0 amide bonds. The Labute approximate surface area is 57.8 Å². The third-order valence-corrected chi connectivity index (χ3v) is 3.05. The van der Waals surface area contributed by atoms with Crippen molar-refractivity contribution in [2.75, 3.05) is 6.61 Å². The second kappa shape index (κ2) is 3.64. The second-order valence-corrected chi connectivity index (χ2v) is 4.14. The maximum atomic E-state index is 5.52. The molecule has 0 saturated heterocycles. The highest BCUT2D eigenvalue weighted by Gasteiger charge is 2.03. The molecule has 50 valence electrons. The van der Waals surface area contributed by atoms with Gasteiger partial charge in [0.25, 0.3) is 0 Å². The van der Waals surface area contributed by atoms with Crippen molar-refractivity contribution >= 4 is 9.04 Å². The molecular formula is C7H12OSi. The molecule has 0 aromatic carbocycles. The normalized spacial score (nSPS) is 17.4. The predicted molar refractivity (Wildman–Crippen MR) is 41.7 cm³/mol. The molecule has 1 rings (SSSR count). The highest BCUT2D eigenvalue weighted by Crippen LogP contribution is 1.99. The topological polar surface area (TPSA) is 9.23 Å². The lowest BCUT2D eigenvalue weighted by molar-refractivity contribution is 0.332. The van der Waals surface area contributed by atoms with E-state index in [1.54, 1.807) is 0 Å². The van der Waals surface area contributed by atoms with Crippen LogP contribution in [-0.4, -0.2) is 15.6 Å². The van der Waals surface area contributed by atoms with Crippen molar-refractivity contribution in [1.29, 1.82) is 0 Å². The summed E-state index contributed by atoms with van der Waals surface area (Å²) in [6.07, 6.45) is 5.28. The van der Waals surface area contributed by atoms with E-state index in [9.17, 15) is 0 Å². The van der Waals surface area contributed by atoms with Crippen LogP contribution in [0.3, 0.4) is 0 Å². The number of allylic oxidation sites excluding steroid dienone is 2. The minimum Gasteiger partial charge on any atom is -0.412 e. The molecule has 0 aliphatic carbocycles. The van der Waals surface area contributed by atoms with Crippen LogP contribution < -0.4 is 0 Å². The zero-order valence-corrected chi connectivity index (χ0v) is 6.86. The smallest absolute Gasteiger partial charge is 0.225 e. The van der Waals surface area contributed by atoms with Crippen LogP contribution in [0, 0.1) is 0 Å². The van der Waals surface area contributed by atoms with Crippen LogP contribution in [0.1, 0.15) is 13.3 Å². The van der Waals surface area contributed by atoms with E-state index in [0.717, 1.165) is 13.0 Å². The average molecular weight is 140 g/mol. The largest absolute Gasteiger partial charge is 0.412 e. The van der Waals surface area contributed by atoms with Gasteiger partial charge in [-0.1, -0.05) is 30.5 Å². The summed E-state index contributed by atoms with van der Waals surface area (Å²) in [6, 6.07) is 0. The van der Waals surface area contributed by atoms with E-state index in [1.165, 1.54) is 0 Å². The first-order chi connectivity index (χ1) is 4.43. The Balaban J connectivity index is 2.13. The van der Waals surface area contributed by atoms with E-state index < -0.39 is 9.04 Å². The standard InChI is InChI=1S/C7H12OSi/c1-2-5-8-9-6-3-4-7-9/h3-4,6-7,9H,2,5H2,1H3. The van der Waals surface area contributed by atoms with E-state index in [4.69, 9.17) is 4.43 Å². The molecule has 1 heterocycles. The first kappa shape index (κ1) is 6.77. The molecule has 0 radical (unpaired) electrons. The SMILES string of the molecule is CCCO[SiH]1C=CC=C1. The lowest BCUT2D eigenvalue weighted by atomic mass is 10.5. The zero-order valence-electron chi connectivity index (χ0n) is 5.71. The van der Waals surface area contributed by atoms with Gasteiger partial charge in [0.1, 0.15) is 0 Å². The van der Waals surface area contributed by atoms with Gasteiger partial charge in [-0.15, -0.1) is 0 Å². The van der Waals surface area contributed by atoms with Crippen LogP contribution in [-0.2, 0) is 4.43 Å². The molecule has 0 aromatic rings. The third-order valence-electron chi connectivity index (χ3n) is 1.23. The van der Waals surface area contributed by atoms with Gasteiger partial charge < -0.3 is 4.43 Å². The molecule has 0 saturated carbocycles. The summed E-state index contributed by atoms with van der Waals surface area (Å²) in [5, 5.41) is 0. The van der Waals surface area contributed by atoms with Crippen molar-refractivity contribution in [2.24, 2.45) is 0 Å². The minimum absolute atomic E-state index is 0.922. The van der Waals surface area contributed by atoms with Gasteiger partial charge in [0.15, 0.2) is 0 Å². The fraction of sp³-hybridized carbons (Fsp3) is 0.429. The molecule has 0 unspecified atom stereocenters. The highest BCUT2D eigenvalue weighted by molar-refractivity contribution is 6.64. The molecule has 1 aliphatic rings.